The van der Waals surface area contributed by atoms with Gasteiger partial charge in [-0.3, -0.25) is 4.79 Å². The van der Waals surface area contributed by atoms with E-state index in [-0.39, 0.29) is 5.91 Å². The number of hydrogen-bond acceptors (Lipinski definition) is 2. The minimum atomic E-state index is -0.303. The van der Waals surface area contributed by atoms with Gasteiger partial charge >= 0.3 is 0 Å². The summed E-state index contributed by atoms with van der Waals surface area (Å²) in [7, 11) is 0. The number of nitrogens with two attached hydrogens (primary N) is 1. The third kappa shape index (κ3) is 1.06. The van der Waals surface area contributed by atoms with Crippen molar-refractivity contribution in [2.45, 2.75) is 12.8 Å². The molecule has 1 heterocycles. The molecule has 2 rings (SSSR count). The number of hydrogen-bond donors (Lipinski definition) is 1. The molecular weight excluding hydrogens is 170 g/mol. The molecular formula is C9H9NOS. The van der Waals surface area contributed by atoms with E-state index in [0.717, 1.165) is 18.4 Å². The number of fused-ring (bicyclic) bond motifs is 1. The van der Waals surface area contributed by atoms with E-state index in [2.05, 4.69) is 12.2 Å². The van der Waals surface area contributed by atoms with E-state index < -0.39 is 0 Å². The van der Waals surface area contributed by atoms with E-state index in [0.29, 0.717) is 5.56 Å². The Labute approximate surface area is 74.7 Å². The Kier molecular flexibility index (Phi) is 1.73. The number of carbonyl (C=O) groups is 1. The fourth-order valence-electron chi connectivity index (χ4n) is 1.42. The summed E-state index contributed by atoms with van der Waals surface area (Å²) in [6, 6.07) is 0. The van der Waals surface area contributed by atoms with E-state index in [1.54, 1.807) is 11.3 Å². The molecule has 3 heteroatoms. The molecule has 0 spiro atoms. The molecule has 0 unspecified atom stereocenters. The first-order valence-electron chi connectivity index (χ1n) is 3.83. The predicted molar refractivity (Wildman–Crippen MR) is 49.4 cm³/mol. The average Bonchev–Trinajstić information content (AvgIpc) is 2.47. The Morgan fingerprint density at radius 3 is 2.92 bits per heavy atom. The van der Waals surface area contributed by atoms with Crippen molar-refractivity contribution in [1.82, 2.24) is 0 Å². The molecule has 0 fully saturated rings. The molecule has 0 saturated carbocycles. The molecule has 12 heavy (non-hydrogen) atoms. The van der Waals surface area contributed by atoms with Crippen molar-refractivity contribution in [2.24, 2.45) is 5.73 Å². The maximum absolute atomic E-state index is 10.9. The lowest BCUT2D eigenvalue weighted by Crippen LogP contribution is -2.12. The summed E-state index contributed by atoms with van der Waals surface area (Å²) < 4.78 is 0. The Balaban J connectivity index is 2.48. The van der Waals surface area contributed by atoms with Crippen molar-refractivity contribution >= 4 is 17.2 Å². The zero-order valence-electron chi connectivity index (χ0n) is 6.54. The van der Waals surface area contributed by atoms with E-state index >= 15 is 0 Å². The molecule has 1 aromatic heterocycles. The van der Waals surface area contributed by atoms with Crippen LogP contribution in [0.1, 0.15) is 20.8 Å². The average molecular weight is 179 g/mol. The van der Waals surface area contributed by atoms with Crippen LogP contribution < -0.4 is 5.73 Å². The highest BCUT2D eigenvalue weighted by Gasteiger charge is 2.15. The van der Waals surface area contributed by atoms with Gasteiger partial charge in [0, 0.05) is 16.7 Å². The van der Waals surface area contributed by atoms with Crippen molar-refractivity contribution in [1.29, 1.82) is 0 Å². The van der Waals surface area contributed by atoms with Gasteiger partial charge in [0.05, 0.1) is 5.56 Å². The second-order valence-electron chi connectivity index (χ2n) is 2.80. The summed E-state index contributed by atoms with van der Waals surface area (Å²) >= 11 is 1.63. The van der Waals surface area contributed by atoms with Crippen LogP contribution in [0.3, 0.4) is 0 Å². The number of rotatable bonds is 1. The quantitative estimate of drug-likeness (QED) is 0.652. The maximum Gasteiger partial charge on any atom is 0.249 e. The molecule has 1 aliphatic carbocycles. The Morgan fingerprint density at radius 1 is 1.42 bits per heavy atom. The van der Waals surface area contributed by atoms with Gasteiger partial charge in [-0.1, -0.05) is 12.2 Å². The van der Waals surface area contributed by atoms with Gasteiger partial charge in [0.2, 0.25) is 5.91 Å². The van der Waals surface area contributed by atoms with Gasteiger partial charge in [0.15, 0.2) is 0 Å². The number of amides is 1. The second-order valence-corrected chi connectivity index (χ2v) is 3.76. The van der Waals surface area contributed by atoms with Gasteiger partial charge in [-0.25, -0.2) is 0 Å². The lowest BCUT2D eigenvalue weighted by atomic mass is 10.0. The van der Waals surface area contributed by atoms with Gasteiger partial charge in [0.25, 0.3) is 0 Å². The predicted octanol–water partition coefficient (Wildman–Crippen LogP) is 1.50. The van der Waals surface area contributed by atoms with Gasteiger partial charge in [-0.2, -0.15) is 0 Å². The van der Waals surface area contributed by atoms with Crippen LogP contribution in [0.5, 0.6) is 0 Å². The molecule has 0 aliphatic heterocycles. The molecule has 1 amide bonds. The lowest BCUT2D eigenvalue weighted by molar-refractivity contribution is 0.1000. The van der Waals surface area contributed by atoms with E-state index in [1.807, 2.05) is 5.38 Å². The molecule has 0 radical (unpaired) electrons. The maximum atomic E-state index is 10.9. The van der Waals surface area contributed by atoms with Crippen molar-refractivity contribution in [2.75, 3.05) is 0 Å². The van der Waals surface area contributed by atoms with Crippen LogP contribution in [0, 0.1) is 0 Å². The Hall–Kier alpha value is -1.09. The fourth-order valence-corrected chi connectivity index (χ4v) is 2.46. The molecule has 0 saturated heterocycles. The Morgan fingerprint density at radius 2 is 2.17 bits per heavy atom. The highest BCUT2D eigenvalue weighted by Crippen LogP contribution is 2.26. The van der Waals surface area contributed by atoms with Crippen LogP contribution in [-0.4, -0.2) is 5.91 Å². The zero-order chi connectivity index (χ0) is 8.55. The van der Waals surface area contributed by atoms with Crippen LogP contribution in [0.2, 0.25) is 0 Å². The topological polar surface area (TPSA) is 43.1 Å². The molecule has 2 nitrogen and oxygen atoms in total. The van der Waals surface area contributed by atoms with Crippen LogP contribution in [0.15, 0.2) is 17.5 Å². The first-order valence-corrected chi connectivity index (χ1v) is 4.71. The largest absolute Gasteiger partial charge is 0.366 e. The Bertz CT molecular complexity index is 351. The van der Waals surface area contributed by atoms with Gasteiger partial charge < -0.3 is 5.73 Å². The summed E-state index contributed by atoms with van der Waals surface area (Å²) in [5.41, 5.74) is 7.07. The SMILES string of the molecule is NC(=O)c1csc2c1CC=CC2. The van der Waals surface area contributed by atoms with Crippen LogP contribution in [0.4, 0.5) is 0 Å². The minimum Gasteiger partial charge on any atom is -0.366 e. The van der Waals surface area contributed by atoms with Gasteiger partial charge in [-0.15, -0.1) is 11.3 Å². The van der Waals surface area contributed by atoms with Crippen molar-refractivity contribution in [3.8, 4) is 0 Å². The van der Waals surface area contributed by atoms with E-state index in [4.69, 9.17) is 5.73 Å². The van der Waals surface area contributed by atoms with E-state index in [1.165, 1.54) is 4.88 Å². The molecule has 62 valence electrons. The third-order valence-corrected chi connectivity index (χ3v) is 3.09. The van der Waals surface area contributed by atoms with Crippen molar-refractivity contribution in [3.63, 3.8) is 0 Å². The molecule has 0 atom stereocenters. The molecule has 1 aliphatic rings. The normalized spacial score (nSPS) is 14.3. The smallest absolute Gasteiger partial charge is 0.249 e. The van der Waals surface area contributed by atoms with Crippen LogP contribution >= 0.6 is 11.3 Å². The lowest BCUT2D eigenvalue weighted by Gasteiger charge is -2.05. The summed E-state index contributed by atoms with van der Waals surface area (Å²) in [4.78, 5) is 12.2. The van der Waals surface area contributed by atoms with Crippen LogP contribution in [0.25, 0.3) is 0 Å². The standard InChI is InChI=1S/C9H9NOS/c10-9(11)7-5-12-8-4-2-1-3-6(7)8/h1-2,5H,3-4H2,(H2,10,11). The summed E-state index contributed by atoms with van der Waals surface area (Å²) in [5, 5.41) is 1.86. The number of carbonyl (C=O) groups excluding carboxylic acids is 1. The van der Waals surface area contributed by atoms with Gasteiger partial charge in [-0.05, 0) is 12.0 Å². The summed E-state index contributed by atoms with van der Waals surface area (Å²) in [6.07, 6.45) is 6.02. The molecule has 1 aromatic rings. The third-order valence-electron chi connectivity index (χ3n) is 2.04. The van der Waals surface area contributed by atoms with Crippen molar-refractivity contribution < 1.29 is 4.79 Å². The first-order chi connectivity index (χ1) is 5.79. The highest BCUT2D eigenvalue weighted by atomic mass is 32.1. The van der Waals surface area contributed by atoms with E-state index in [9.17, 15) is 4.79 Å². The van der Waals surface area contributed by atoms with Crippen molar-refractivity contribution in [3.05, 3.63) is 33.5 Å². The fraction of sp³-hybridized carbons (Fsp3) is 0.222. The summed E-state index contributed by atoms with van der Waals surface area (Å²) in [5.74, 6) is -0.303. The zero-order valence-corrected chi connectivity index (χ0v) is 7.36. The first kappa shape index (κ1) is 7.55. The number of primary amides is 1. The number of allylic oxidation sites excluding steroid dienone is 2. The molecule has 0 aromatic carbocycles. The minimum absolute atomic E-state index is 0.303. The summed E-state index contributed by atoms with van der Waals surface area (Å²) in [6.45, 7) is 0. The van der Waals surface area contributed by atoms with Gasteiger partial charge in [0.1, 0.15) is 0 Å². The van der Waals surface area contributed by atoms with Crippen LogP contribution in [-0.2, 0) is 12.8 Å². The second kappa shape index (κ2) is 2.75. The monoisotopic (exact) mass is 179 g/mol. The molecule has 0 bridgehead atoms. The number of thiophene rings is 1. The molecule has 2 N–H and O–H groups in total. The highest BCUT2D eigenvalue weighted by molar-refractivity contribution is 7.10.